The van der Waals surface area contributed by atoms with Crippen LogP contribution in [0.3, 0.4) is 0 Å². The first-order chi connectivity index (χ1) is 15.4. The fraction of sp³-hybridized carbons (Fsp3) is 0.545. The number of aromatic nitrogens is 3. The van der Waals surface area contributed by atoms with Gasteiger partial charge in [0, 0.05) is 30.8 Å². The number of sulfonamides is 1. The van der Waals surface area contributed by atoms with E-state index in [4.69, 9.17) is 14.7 Å². The number of benzene rings is 1. The van der Waals surface area contributed by atoms with E-state index in [2.05, 4.69) is 30.7 Å². The van der Waals surface area contributed by atoms with Crippen LogP contribution in [0.25, 0.3) is 11.0 Å². The van der Waals surface area contributed by atoms with Crippen LogP contribution >= 0.6 is 23.1 Å². The van der Waals surface area contributed by atoms with Gasteiger partial charge in [0.1, 0.15) is 0 Å². The third kappa shape index (κ3) is 5.20. The van der Waals surface area contributed by atoms with Gasteiger partial charge in [-0.15, -0.1) is 11.3 Å². The fourth-order valence-electron chi connectivity index (χ4n) is 3.68. The molecule has 3 heterocycles. The van der Waals surface area contributed by atoms with Crippen LogP contribution in [-0.2, 0) is 33.5 Å². The Labute approximate surface area is 198 Å². The summed E-state index contributed by atoms with van der Waals surface area (Å²) in [5, 5.41) is 4.21. The number of imidazole rings is 1. The molecule has 0 N–H and O–H groups in total. The van der Waals surface area contributed by atoms with Crippen molar-refractivity contribution < 1.29 is 13.2 Å². The van der Waals surface area contributed by atoms with E-state index in [1.165, 1.54) is 9.31 Å². The highest BCUT2D eigenvalue weighted by Crippen LogP contribution is 2.29. The maximum absolute atomic E-state index is 13.0. The van der Waals surface area contributed by atoms with Gasteiger partial charge in [-0.2, -0.15) is 4.31 Å². The van der Waals surface area contributed by atoms with Crippen LogP contribution in [0.4, 0.5) is 0 Å². The van der Waals surface area contributed by atoms with Gasteiger partial charge in [-0.25, -0.2) is 18.4 Å². The number of thioether (sulfide) groups is 1. The number of aryl methyl sites for hydroxylation is 2. The van der Waals surface area contributed by atoms with Crippen molar-refractivity contribution in [2.24, 2.45) is 5.92 Å². The van der Waals surface area contributed by atoms with Crippen molar-refractivity contribution in [1.29, 1.82) is 0 Å². The Balaban J connectivity index is 1.52. The second-order valence-electron chi connectivity index (χ2n) is 8.26. The van der Waals surface area contributed by atoms with Crippen LogP contribution in [0, 0.1) is 5.92 Å². The smallest absolute Gasteiger partial charge is 0.243 e. The van der Waals surface area contributed by atoms with Gasteiger partial charge in [0.2, 0.25) is 10.0 Å². The molecule has 7 nitrogen and oxygen atoms in total. The molecular formula is C22H30N4O3S3. The lowest BCUT2D eigenvalue weighted by molar-refractivity contribution is 0.0730. The van der Waals surface area contributed by atoms with Crippen molar-refractivity contribution in [3.63, 3.8) is 0 Å². The average Bonchev–Trinajstić information content (AvgIpc) is 3.40. The summed E-state index contributed by atoms with van der Waals surface area (Å²) >= 11 is 3.38. The molecule has 2 aromatic heterocycles. The molecule has 1 aliphatic rings. The number of fused-ring (bicyclic) bond motifs is 1. The summed E-state index contributed by atoms with van der Waals surface area (Å²) in [4.78, 5) is 9.84. The number of rotatable bonds is 9. The molecule has 0 unspecified atom stereocenters. The number of hydrogen-bond donors (Lipinski definition) is 0. The molecule has 0 radical (unpaired) electrons. The Morgan fingerprint density at radius 3 is 2.72 bits per heavy atom. The third-order valence-corrected chi connectivity index (χ3v) is 9.35. The number of ether oxygens (including phenoxy) is 1. The first-order valence-electron chi connectivity index (χ1n) is 11.0. The minimum absolute atomic E-state index is 0.290. The van der Waals surface area contributed by atoms with Crippen molar-refractivity contribution in [1.82, 2.24) is 18.8 Å². The van der Waals surface area contributed by atoms with E-state index in [0.717, 1.165) is 41.5 Å². The molecule has 1 fully saturated rings. The quantitative estimate of drug-likeness (QED) is 0.410. The van der Waals surface area contributed by atoms with Crippen LogP contribution in [0.1, 0.15) is 37.9 Å². The summed E-state index contributed by atoms with van der Waals surface area (Å²) in [6, 6.07) is 5.26. The van der Waals surface area contributed by atoms with E-state index >= 15 is 0 Å². The van der Waals surface area contributed by atoms with Gasteiger partial charge in [-0.05, 0) is 43.9 Å². The highest BCUT2D eigenvalue weighted by atomic mass is 32.2. The highest BCUT2D eigenvalue weighted by molar-refractivity contribution is 7.98. The summed E-state index contributed by atoms with van der Waals surface area (Å²) in [5.74, 6) is 1.43. The largest absolute Gasteiger partial charge is 0.379 e. The van der Waals surface area contributed by atoms with Crippen LogP contribution < -0.4 is 0 Å². The van der Waals surface area contributed by atoms with Crippen molar-refractivity contribution in [3.05, 3.63) is 34.3 Å². The minimum Gasteiger partial charge on any atom is -0.379 e. The predicted molar refractivity (Wildman–Crippen MR) is 130 cm³/mol. The third-order valence-electron chi connectivity index (χ3n) is 5.49. The first-order valence-corrected chi connectivity index (χ1v) is 14.3. The van der Waals surface area contributed by atoms with E-state index in [1.807, 2.05) is 6.07 Å². The Hall–Kier alpha value is -1.46. The fourth-order valence-corrected chi connectivity index (χ4v) is 7.00. The molecular weight excluding hydrogens is 464 g/mol. The van der Waals surface area contributed by atoms with E-state index in [9.17, 15) is 8.42 Å². The molecule has 0 atom stereocenters. The number of hydrogen-bond acceptors (Lipinski definition) is 7. The van der Waals surface area contributed by atoms with Crippen LogP contribution in [-0.4, -0.2) is 53.6 Å². The molecule has 10 heteroatoms. The Morgan fingerprint density at radius 1 is 1.22 bits per heavy atom. The number of morpholine rings is 1. The molecule has 1 aliphatic heterocycles. The Morgan fingerprint density at radius 2 is 2.00 bits per heavy atom. The van der Waals surface area contributed by atoms with Crippen LogP contribution in [0.2, 0.25) is 0 Å². The zero-order valence-electron chi connectivity index (χ0n) is 18.8. The molecule has 0 amide bonds. The molecule has 0 aliphatic carbocycles. The van der Waals surface area contributed by atoms with Gasteiger partial charge in [0.25, 0.3) is 0 Å². The van der Waals surface area contributed by atoms with Crippen molar-refractivity contribution in [2.45, 2.75) is 56.0 Å². The minimum atomic E-state index is -3.54. The topological polar surface area (TPSA) is 77.3 Å². The lowest BCUT2D eigenvalue weighted by Gasteiger charge is -2.26. The number of thiazole rings is 1. The Kier molecular flexibility index (Phi) is 7.56. The maximum atomic E-state index is 13.0. The normalized spacial score (nSPS) is 15.8. The van der Waals surface area contributed by atoms with Gasteiger partial charge in [-0.1, -0.05) is 25.6 Å². The van der Waals surface area contributed by atoms with E-state index in [-0.39, 0.29) is 0 Å². The Bertz CT molecular complexity index is 1160. The van der Waals surface area contributed by atoms with E-state index < -0.39 is 10.0 Å². The molecule has 1 saturated heterocycles. The summed E-state index contributed by atoms with van der Waals surface area (Å²) in [6.07, 6.45) is 2.18. The summed E-state index contributed by atoms with van der Waals surface area (Å²) in [7, 11) is -3.54. The van der Waals surface area contributed by atoms with Gasteiger partial charge in [0.15, 0.2) is 5.16 Å². The van der Waals surface area contributed by atoms with Gasteiger partial charge < -0.3 is 9.30 Å². The summed E-state index contributed by atoms with van der Waals surface area (Å²) < 4.78 is 35.0. The number of nitrogens with zero attached hydrogens (tertiary/aromatic N) is 4. The van der Waals surface area contributed by atoms with Crippen molar-refractivity contribution >= 4 is 44.2 Å². The van der Waals surface area contributed by atoms with Gasteiger partial charge >= 0.3 is 0 Å². The summed E-state index contributed by atoms with van der Waals surface area (Å²) in [5.41, 5.74) is 2.73. The molecule has 0 bridgehead atoms. The molecule has 0 spiro atoms. The van der Waals surface area contributed by atoms with Crippen LogP contribution in [0.15, 0.2) is 33.6 Å². The monoisotopic (exact) mass is 494 g/mol. The second kappa shape index (κ2) is 10.2. The SMILES string of the molecule is CCn1c(SCc2csc(CCC(C)C)n2)nc2cc(S(=O)(=O)N3CCOCC3)ccc21. The second-order valence-corrected chi connectivity index (χ2v) is 12.1. The van der Waals surface area contributed by atoms with E-state index in [0.29, 0.717) is 42.6 Å². The predicted octanol–water partition coefficient (Wildman–Crippen LogP) is 4.41. The lowest BCUT2D eigenvalue weighted by Crippen LogP contribution is -2.40. The lowest BCUT2D eigenvalue weighted by atomic mass is 10.1. The van der Waals surface area contributed by atoms with Gasteiger partial charge in [0.05, 0.1) is 39.8 Å². The highest BCUT2D eigenvalue weighted by Gasteiger charge is 2.27. The zero-order valence-corrected chi connectivity index (χ0v) is 21.2. The molecule has 0 saturated carbocycles. The van der Waals surface area contributed by atoms with E-state index in [1.54, 1.807) is 35.2 Å². The molecule has 1 aromatic carbocycles. The van der Waals surface area contributed by atoms with Crippen molar-refractivity contribution in [3.8, 4) is 0 Å². The molecule has 3 aromatic rings. The molecule has 174 valence electrons. The zero-order chi connectivity index (χ0) is 22.7. The molecule has 32 heavy (non-hydrogen) atoms. The molecule has 4 rings (SSSR count). The van der Waals surface area contributed by atoms with Gasteiger partial charge in [-0.3, -0.25) is 0 Å². The van der Waals surface area contributed by atoms with Crippen molar-refractivity contribution in [2.75, 3.05) is 26.3 Å². The maximum Gasteiger partial charge on any atom is 0.243 e. The standard InChI is InChI=1S/C22H30N4O3S3/c1-4-26-20-7-6-18(32(27,28)25-9-11-29-12-10-25)13-19(20)24-22(26)31-15-17-14-30-21(23-17)8-5-16(2)3/h6-7,13-14,16H,4-5,8-12,15H2,1-3H3. The first kappa shape index (κ1) is 23.7. The van der Waals surface area contributed by atoms with Crippen LogP contribution in [0.5, 0.6) is 0 Å². The summed E-state index contributed by atoms with van der Waals surface area (Å²) in [6.45, 7) is 8.95. The average molecular weight is 495 g/mol.